The largest absolute Gasteiger partial charge is 0.383 e. The van der Waals surface area contributed by atoms with Crippen LogP contribution >= 0.6 is 0 Å². The van der Waals surface area contributed by atoms with Crippen molar-refractivity contribution < 1.29 is 14.3 Å². The highest BCUT2D eigenvalue weighted by atomic mass is 16.5. The van der Waals surface area contributed by atoms with Crippen molar-refractivity contribution in [2.24, 2.45) is 11.7 Å². The minimum atomic E-state index is -0.585. The molecule has 6 heteroatoms. The molecule has 4 N–H and O–H groups in total. The van der Waals surface area contributed by atoms with E-state index in [1.165, 1.54) is 0 Å². The van der Waals surface area contributed by atoms with E-state index in [1.807, 2.05) is 20.8 Å². The maximum absolute atomic E-state index is 11.7. The van der Waals surface area contributed by atoms with Gasteiger partial charge in [0.15, 0.2) is 0 Å². The van der Waals surface area contributed by atoms with Crippen molar-refractivity contribution in [3.63, 3.8) is 0 Å². The van der Waals surface area contributed by atoms with Gasteiger partial charge in [-0.1, -0.05) is 27.2 Å². The minimum absolute atomic E-state index is 0.0156. The van der Waals surface area contributed by atoms with E-state index in [2.05, 4.69) is 10.6 Å². The Hall–Kier alpha value is -1.14. The van der Waals surface area contributed by atoms with Crippen LogP contribution in [0.15, 0.2) is 0 Å². The van der Waals surface area contributed by atoms with E-state index < -0.39 is 6.04 Å². The molecule has 19 heavy (non-hydrogen) atoms. The molecule has 112 valence electrons. The Bertz CT molecular complexity index is 276. The monoisotopic (exact) mass is 273 g/mol. The highest BCUT2D eigenvalue weighted by Crippen LogP contribution is 1.98. The third kappa shape index (κ3) is 7.79. The third-order valence-corrected chi connectivity index (χ3v) is 2.81. The first-order valence-electron chi connectivity index (χ1n) is 6.73. The van der Waals surface area contributed by atoms with Crippen molar-refractivity contribution in [1.82, 2.24) is 10.6 Å². The van der Waals surface area contributed by atoms with Gasteiger partial charge in [-0.15, -0.1) is 0 Å². The Morgan fingerprint density at radius 2 is 1.95 bits per heavy atom. The number of carbonyl (C=O) groups excluding carboxylic acids is 2. The number of ether oxygens (including phenoxy) is 1. The smallest absolute Gasteiger partial charge is 0.239 e. The number of nitrogens with one attached hydrogen (secondary N) is 2. The Kier molecular flexibility index (Phi) is 9.16. The van der Waals surface area contributed by atoms with Crippen LogP contribution in [-0.2, 0) is 14.3 Å². The molecule has 0 heterocycles. The summed E-state index contributed by atoms with van der Waals surface area (Å²) in [6.45, 7) is 6.18. The van der Waals surface area contributed by atoms with Crippen LogP contribution in [0, 0.1) is 5.92 Å². The second-order valence-corrected chi connectivity index (χ2v) is 5.00. The summed E-state index contributed by atoms with van der Waals surface area (Å²) < 4.78 is 5.03. The van der Waals surface area contributed by atoms with Gasteiger partial charge in [-0.3, -0.25) is 9.59 Å². The molecule has 0 radical (unpaired) electrons. The van der Waals surface area contributed by atoms with E-state index in [9.17, 15) is 9.59 Å². The van der Waals surface area contributed by atoms with Crippen LogP contribution in [0.5, 0.6) is 0 Å². The van der Waals surface area contributed by atoms with Gasteiger partial charge < -0.3 is 21.1 Å². The van der Waals surface area contributed by atoms with E-state index in [1.54, 1.807) is 7.11 Å². The minimum Gasteiger partial charge on any atom is -0.383 e. The zero-order chi connectivity index (χ0) is 14.8. The normalized spacial score (nSPS) is 14.0. The number of carbonyl (C=O) groups is 2. The molecule has 0 aromatic carbocycles. The van der Waals surface area contributed by atoms with Crippen LogP contribution in [-0.4, -0.2) is 44.2 Å². The lowest BCUT2D eigenvalue weighted by molar-refractivity contribution is -0.127. The lowest BCUT2D eigenvalue weighted by Crippen LogP contribution is -2.49. The maximum Gasteiger partial charge on any atom is 0.239 e. The predicted octanol–water partition coefficient (Wildman–Crippen LogP) is 0.0172. The number of amides is 2. The standard InChI is InChI=1S/C13H27N3O3/c1-5-6-10(8-19-4)16-11(17)7-15-13(18)12(14)9(2)3/h9-10,12H,5-8,14H2,1-4H3,(H,15,18)(H,16,17)/t10?,12-/m0/s1. The van der Waals surface area contributed by atoms with E-state index in [-0.39, 0.29) is 30.3 Å². The fourth-order valence-electron chi connectivity index (χ4n) is 1.61. The molecule has 0 aromatic rings. The Balaban J connectivity index is 4.06. The molecule has 0 fully saturated rings. The first kappa shape index (κ1) is 17.9. The van der Waals surface area contributed by atoms with Gasteiger partial charge in [0, 0.05) is 7.11 Å². The van der Waals surface area contributed by atoms with Gasteiger partial charge in [0.05, 0.1) is 25.2 Å². The average molecular weight is 273 g/mol. The predicted molar refractivity (Wildman–Crippen MR) is 74.5 cm³/mol. The van der Waals surface area contributed by atoms with Gasteiger partial charge in [0.25, 0.3) is 0 Å². The number of nitrogens with two attached hydrogens (primary N) is 1. The molecule has 2 atom stereocenters. The van der Waals surface area contributed by atoms with Crippen molar-refractivity contribution in [1.29, 1.82) is 0 Å². The molecule has 0 aliphatic carbocycles. The fourth-order valence-corrected chi connectivity index (χ4v) is 1.61. The van der Waals surface area contributed by atoms with Gasteiger partial charge in [-0.2, -0.15) is 0 Å². The van der Waals surface area contributed by atoms with Crippen LogP contribution in [0.3, 0.4) is 0 Å². The van der Waals surface area contributed by atoms with Gasteiger partial charge in [0.2, 0.25) is 11.8 Å². The van der Waals surface area contributed by atoms with Crippen LogP contribution in [0.1, 0.15) is 33.6 Å². The molecular weight excluding hydrogens is 246 g/mol. The summed E-state index contributed by atoms with van der Waals surface area (Å²) in [5.74, 6) is -0.479. The number of hydrogen-bond acceptors (Lipinski definition) is 4. The summed E-state index contributed by atoms with van der Waals surface area (Å²) >= 11 is 0. The summed E-state index contributed by atoms with van der Waals surface area (Å²) in [7, 11) is 1.60. The highest BCUT2D eigenvalue weighted by Gasteiger charge is 2.18. The van der Waals surface area contributed by atoms with Crippen LogP contribution < -0.4 is 16.4 Å². The summed E-state index contributed by atoms with van der Waals surface area (Å²) in [4.78, 5) is 23.3. The lowest BCUT2D eigenvalue weighted by Gasteiger charge is -2.18. The Labute approximate surface area is 115 Å². The topological polar surface area (TPSA) is 93.5 Å². The fraction of sp³-hybridized carbons (Fsp3) is 0.846. The van der Waals surface area contributed by atoms with Crippen molar-refractivity contribution in [2.45, 2.75) is 45.7 Å². The first-order valence-corrected chi connectivity index (χ1v) is 6.73. The van der Waals surface area contributed by atoms with Crippen LogP contribution in [0.25, 0.3) is 0 Å². The van der Waals surface area contributed by atoms with Gasteiger partial charge >= 0.3 is 0 Å². The number of hydrogen-bond donors (Lipinski definition) is 3. The van der Waals surface area contributed by atoms with Crippen molar-refractivity contribution in [2.75, 3.05) is 20.3 Å². The molecule has 6 nitrogen and oxygen atoms in total. The number of methoxy groups -OCH3 is 1. The summed E-state index contributed by atoms with van der Waals surface area (Å²) in [5, 5.41) is 5.36. The maximum atomic E-state index is 11.7. The van der Waals surface area contributed by atoms with Gasteiger partial charge in [-0.05, 0) is 12.3 Å². The van der Waals surface area contributed by atoms with Gasteiger partial charge in [-0.25, -0.2) is 0 Å². The second-order valence-electron chi connectivity index (χ2n) is 5.00. The van der Waals surface area contributed by atoms with E-state index in [0.717, 1.165) is 12.8 Å². The zero-order valence-electron chi connectivity index (χ0n) is 12.4. The SMILES string of the molecule is CCCC(COC)NC(=O)CNC(=O)[C@@H](N)C(C)C. The summed E-state index contributed by atoms with van der Waals surface area (Å²) in [5.41, 5.74) is 5.68. The summed E-state index contributed by atoms with van der Waals surface area (Å²) in [6, 6.07) is -0.601. The van der Waals surface area contributed by atoms with Gasteiger partial charge in [0.1, 0.15) is 0 Å². The summed E-state index contributed by atoms with van der Waals surface area (Å²) in [6.07, 6.45) is 1.80. The molecule has 1 unspecified atom stereocenters. The molecule has 0 rings (SSSR count). The molecule has 0 spiro atoms. The lowest BCUT2D eigenvalue weighted by atomic mass is 10.1. The Morgan fingerprint density at radius 3 is 2.42 bits per heavy atom. The highest BCUT2D eigenvalue weighted by molar-refractivity contribution is 5.87. The molecule has 0 aliphatic heterocycles. The molecule has 0 saturated heterocycles. The van der Waals surface area contributed by atoms with Crippen molar-refractivity contribution >= 4 is 11.8 Å². The van der Waals surface area contributed by atoms with E-state index >= 15 is 0 Å². The Morgan fingerprint density at radius 1 is 1.32 bits per heavy atom. The molecule has 0 aliphatic rings. The first-order chi connectivity index (χ1) is 8.92. The van der Waals surface area contributed by atoms with E-state index in [4.69, 9.17) is 10.5 Å². The van der Waals surface area contributed by atoms with Crippen LogP contribution in [0.2, 0.25) is 0 Å². The zero-order valence-corrected chi connectivity index (χ0v) is 12.4. The van der Waals surface area contributed by atoms with Crippen molar-refractivity contribution in [3.8, 4) is 0 Å². The quantitative estimate of drug-likeness (QED) is 0.552. The second kappa shape index (κ2) is 9.75. The van der Waals surface area contributed by atoms with Crippen molar-refractivity contribution in [3.05, 3.63) is 0 Å². The molecule has 0 aromatic heterocycles. The average Bonchev–Trinajstić information content (AvgIpc) is 2.35. The number of rotatable bonds is 9. The van der Waals surface area contributed by atoms with E-state index in [0.29, 0.717) is 6.61 Å². The third-order valence-electron chi connectivity index (χ3n) is 2.81. The van der Waals surface area contributed by atoms with Crippen LogP contribution in [0.4, 0.5) is 0 Å². The molecule has 2 amide bonds. The molecule has 0 saturated carbocycles. The molecular formula is C13H27N3O3. The molecule has 0 bridgehead atoms.